The number of hydrogen-bond acceptors (Lipinski definition) is 4. The third-order valence-corrected chi connectivity index (χ3v) is 5.80. The van der Waals surface area contributed by atoms with E-state index in [1.807, 2.05) is 42.5 Å². The van der Waals surface area contributed by atoms with Crippen LogP contribution in [-0.2, 0) is 16.0 Å². The van der Waals surface area contributed by atoms with Gasteiger partial charge in [-0.05, 0) is 41.8 Å². The molecule has 2 atom stereocenters. The van der Waals surface area contributed by atoms with Gasteiger partial charge < -0.3 is 9.84 Å². The Balaban J connectivity index is 1.43. The summed E-state index contributed by atoms with van der Waals surface area (Å²) in [5, 5.41) is 13.8. The van der Waals surface area contributed by atoms with Gasteiger partial charge in [0.2, 0.25) is 12.0 Å². The van der Waals surface area contributed by atoms with E-state index in [9.17, 15) is 14.7 Å². The fourth-order valence-electron chi connectivity index (χ4n) is 3.59. The molecule has 0 saturated carbocycles. The van der Waals surface area contributed by atoms with E-state index in [2.05, 4.69) is 26.5 Å². The Kier molecular flexibility index (Phi) is 6.66. The second-order valence-electron chi connectivity index (χ2n) is 7.54. The monoisotopic (exact) mass is 492 g/mol. The van der Waals surface area contributed by atoms with Crippen LogP contribution in [0.25, 0.3) is 0 Å². The summed E-state index contributed by atoms with van der Waals surface area (Å²) in [6.07, 6.45) is -0.000351. The minimum absolute atomic E-state index is 0.110. The van der Waals surface area contributed by atoms with Gasteiger partial charge in [-0.15, -0.1) is 0 Å². The summed E-state index contributed by atoms with van der Waals surface area (Å²) in [5.74, 6) is -0.954. The van der Waals surface area contributed by atoms with E-state index in [1.165, 1.54) is 0 Å². The Labute approximate surface area is 194 Å². The quantitative estimate of drug-likeness (QED) is 0.498. The van der Waals surface area contributed by atoms with E-state index >= 15 is 0 Å². The average molecular weight is 493 g/mol. The van der Waals surface area contributed by atoms with Crippen molar-refractivity contribution in [1.29, 1.82) is 0 Å². The lowest BCUT2D eigenvalue weighted by Gasteiger charge is -2.22. The molecule has 3 aromatic rings. The van der Waals surface area contributed by atoms with Crippen molar-refractivity contribution in [3.05, 3.63) is 100 Å². The van der Waals surface area contributed by atoms with Crippen molar-refractivity contribution in [2.24, 2.45) is 11.0 Å². The van der Waals surface area contributed by atoms with Crippen molar-refractivity contribution in [2.75, 3.05) is 0 Å². The van der Waals surface area contributed by atoms with E-state index in [0.29, 0.717) is 24.2 Å². The van der Waals surface area contributed by atoms with Gasteiger partial charge in [-0.25, -0.2) is 10.2 Å². The smallest absolute Gasteiger partial charge is 0.349 e. The standard InChI is InChI=1S/C25H21BrN2O4/c26-20-10-8-17(9-11-20)22-15-19(24(29)28-27-22)14-16-6-12-21(13-7-16)32-23(25(30)31)18-4-2-1-3-5-18/h1-13,19,23H,14-15H2,(H,28,29)(H,30,31). The largest absolute Gasteiger partial charge is 0.478 e. The van der Waals surface area contributed by atoms with Crippen molar-refractivity contribution in [2.45, 2.75) is 18.9 Å². The second kappa shape index (κ2) is 9.78. The van der Waals surface area contributed by atoms with Gasteiger partial charge in [-0.2, -0.15) is 5.10 Å². The number of carbonyl (C=O) groups is 2. The summed E-state index contributed by atoms with van der Waals surface area (Å²) in [4.78, 5) is 24.0. The Morgan fingerprint density at radius 1 is 1.06 bits per heavy atom. The lowest BCUT2D eigenvalue weighted by Crippen LogP contribution is -2.36. The highest BCUT2D eigenvalue weighted by atomic mass is 79.9. The Morgan fingerprint density at radius 2 is 1.75 bits per heavy atom. The van der Waals surface area contributed by atoms with Gasteiger partial charge in [0.1, 0.15) is 5.75 Å². The maximum Gasteiger partial charge on any atom is 0.349 e. The number of nitrogens with zero attached hydrogens (tertiary/aromatic N) is 1. The molecule has 0 spiro atoms. The van der Waals surface area contributed by atoms with E-state index < -0.39 is 12.1 Å². The molecule has 0 bridgehead atoms. The van der Waals surface area contributed by atoms with Crippen LogP contribution in [0.2, 0.25) is 0 Å². The number of nitrogens with one attached hydrogen (secondary N) is 1. The summed E-state index contributed by atoms with van der Waals surface area (Å²) in [7, 11) is 0. The van der Waals surface area contributed by atoms with Gasteiger partial charge in [-0.1, -0.05) is 70.5 Å². The van der Waals surface area contributed by atoms with Gasteiger partial charge in [-0.3, -0.25) is 4.79 Å². The van der Waals surface area contributed by atoms with Crippen molar-refractivity contribution < 1.29 is 19.4 Å². The minimum atomic E-state index is -1.09. The summed E-state index contributed by atoms with van der Waals surface area (Å²) >= 11 is 3.42. The predicted octanol–water partition coefficient (Wildman–Crippen LogP) is 4.74. The number of halogens is 1. The van der Waals surface area contributed by atoms with Crippen LogP contribution >= 0.6 is 15.9 Å². The van der Waals surface area contributed by atoms with Crippen molar-refractivity contribution in [3.8, 4) is 5.75 Å². The zero-order chi connectivity index (χ0) is 22.5. The van der Waals surface area contributed by atoms with Gasteiger partial charge in [0, 0.05) is 22.4 Å². The number of aliphatic carboxylic acids is 1. The highest BCUT2D eigenvalue weighted by Gasteiger charge is 2.26. The molecule has 4 rings (SSSR count). The maximum absolute atomic E-state index is 12.4. The molecule has 32 heavy (non-hydrogen) atoms. The molecule has 6 nitrogen and oxygen atoms in total. The highest BCUT2D eigenvalue weighted by Crippen LogP contribution is 2.25. The van der Waals surface area contributed by atoms with E-state index in [4.69, 9.17) is 4.74 Å². The van der Waals surface area contributed by atoms with Crippen molar-refractivity contribution >= 4 is 33.5 Å². The molecule has 0 radical (unpaired) electrons. The summed E-state index contributed by atoms with van der Waals surface area (Å²) in [5.41, 5.74) is 5.98. The summed E-state index contributed by atoms with van der Waals surface area (Å²) in [6, 6.07) is 23.8. The SMILES string of the molecule is O=C1NN=C(c2ccc(Br)cc2)CC1Cc1ccc(OC(C(=O)O)c2ccccc2)cc1. The molecule has 1 amide bonds. The third-order valence-electron chi connectivity index (χ3n) is 5.28. The van der Waals surface area contributed by atoms with Crippen LogP contribution in [0, 0.1) is 5.92 Å². The lowest BCUT2D eigenvalue weighted by atomic mass is 9.90. The molecular formula is C25H21BrN2O4. The molecular weight excluding hydrogens is 472 g/mol. The fourth-order valence-corrected chi connectivity index (χ4v) is 3.85. The van der Waals surface area contributed by atoms with Crippen LogP contribution in [0.15, 0.2) is 88.4 Å². The Hall–Kier alpha value is -3.45. The normalized spacial score (nSPS) is 16.6. The van der Waals surface area contributed by atoms with Crippen molar-refractivity contribution in [3.63, 3.8) is 0 Å². The van der Waals surface area contributed by atoms with Gasteiger partial charge >= 0.3 is 5.97 Å². The number of ether oxygens (including phenoxy) is 1. The summed E-state index contributed by atoms with van der Waals surface area (Å²) < 4.78 is 6.70. The Bertz CT molecular complexity index is 1130. The highest BCUT2D eigenvalue weighted by molar-refractivity contribution is 9.10. The van der Waals surface area contributed by atoms with Crippen LogP contribution in [0.4, 0.5) is 0 Å². The van der Waals surface area contributed by atoms with E-state index in [-0.39, 0.29) is 11.8 Å². The molecule has 0 aromatic heterocycles. The minimum Gasteiger partial charge on any atom is -0.478 e. The molecule has 0 aliphatic carbocycles. The first-order chi connectivity index (χ1) is 15.5. The zero-order valence-corrected chi connectivity index (χ0v) is 18.7. The van der Waals surface area contributed by atoms with Crippen LogP contribution in [0.3, 0.4) is 0 Å². The number of carboxylic acids is 1. The molecule has 3 aromatic carbocycles. The van der Waals surface area contributed by atoms with Crippen LogP contribution in [0.5, 0.6) is 5.75 Å². The number of amides is 1. The molecule has 2 unspecified atom stereocenters. The molecule has 0 fully saturated rings. The second-order valence-corrected chi connectivity index (χ2v) is 8.45. The predicted molar refractivity (Wildman–Crippen MR) is 125 cm³/mol. The van der Waals surface area contributed by atoms with Crippen LogP contribution in [0.1, 0.15) is 29.2 Å². The molecule has 162 valence electrons. The summed E-state index contributed by atoms with van der Waals surface area (Å²) in [6.45, 7) is 0. The number of carbonyl (C=O) groups excluding carboxylic acids is 1. The molecule has 0 saturated heterocycles. The molecule has 2 N–H and O–H groups in total. The molecule has 1 aliphatic rings. The van der Waals surface area contributed by atoms with E-state index in [0.717, 1.165) is 21.3 Å². The fraction of sp³-hybridized carbons (Fsp3) is 0.160. The first-order valence-electron chi connectivity index (χ1n) is 10.2. The lowest BCUT2D eigenvalue weighted by molar-refractivity contribution is -0.145. The van der Waals surface area contributed by atoms with Crippen LogP contribution in [-0.4, -0.2) is 22.7 Å². The molecule has 7 heteroatoms. The topological polar surface area (TPSA) is 88.0 Å². The molecule has 1 heterocycles. The average Bonchev–Trinajstić information content (AvgIpc) is 2.81. The number of benzene rings is 3. The number of rotatable bonds is 7. The molecule has 1 aliphatic heterocycles. The third kappa shape index (κ3) is 5.23. The Morgan fingerprint density at radius 3 is 2.41 bits per heavy atom. The first kappa shape index (κ1) is 21.8. The van der Waals surface area contributed by atoms with Crippen LogP contribution < -0.4 is 10.2 Å². The maximum atomic E-state index is 12.4. The number of carboxylic acid groups (broad SMARTS) is 1. The van der Waals surface area contributed by atoms with Gasteiger partial charge in [0.15, 0.2) is 0 Å². The number of hydrogen-bond donors (Lipinski definition) is 2. The zero-order valence-electron chi connectivity index (χ0n) is 17.1. The van der Waals surface area contributed by atoms with Gasteiger partial charge in [0.05, 0.1) is 5.71 Å². The van der Waals surface area contributed by atoms with E-state index in [1.54, 1.807) is 36.4 Å². The number of hydrazone groups is 1. The first-order valence-corrected chi connectivity index (χ1v) is 10.9. The van der Waals surface area contributed by atoms with Crippen molar-refractivity contribution in [1.82, 2.24) is 5.43 Å². The van der Waals surface area contributed by atoms with Gasteiger partial charge in [0.25, 0.3) is 0 Å².